The third-order valence-corrected chi connectivity index (χ3v) is 3.23. The van der Waals surface area contributed by atoms with Gasteiger partial charge in [-0.25, -0.2) is 0 Å². The van der Waals surface area contributed by atoms with Crippen molar-refractivity contribution in [1.29, 1.82) is 0 Å². The Morgan fingerprint density at radius 2 is 2.10 bits per heavy atom. The number of anilines is 1. The molecule has 20 heavy (non-hydrogen) atoms. The lowest BCUT2D eigenvalue weighted by Gasteiger charge is -2.08. The summed E-state index contributed by atoms with van der Waals surface area (Å²) in [6.45, 7) is 0.433. The first-order valence-corrected chi connectivity index (χ1v) is 6.85. The average Bonchev–Trinajstić information content (AvgIpc) is 2.44. The Balaban J connectivity index is 2.04. The van der Waals surface area contributed by atoms with Gasteiger partial charge in [0.25, 0.3) is 5.91 Å². The summed E-state index contributed by atoms with van der Waals surface area (Å²) in [7, 11) is 1.61. The van der Waals surface area contributed by atoms with E-state index in [4.69, 9.17) is 10.5 Å². The van der Waals surface area contributed by atoms with Gasteiger partial charge in [-0.05, 0) is 35.9 Å². The highest BCUT2D eigenvalue weighted by Gasteiger charge is 2.07. The van der Waals surface area contributed by atoms with Crippen LogP contribution in [0.2, 0.25) is 0 Å². The van der Waals surface area contributed by atoms with Gasteiger partial charge in [-0.3, -0.25) is 4.79 Å². The van der Waals surface area contributed by atoms with Gasteiger partial charge in [0.05, 0.1) is 7.11 Å². The lowest BCUT2D eigenvalue weighted by molar-refractivity contribution is 0.0951. The van der Waals surface area contributed by atoms with Crippen molar-refractivity contribution in [3.8, 4) is 5.75 Å². The Morgan fingerprint density at radius 3 is 2.80 bits per heavy atom. The highest BCUT2D eigenvalue weighted by atomic mass is 79.9. The maximum Gasteiger partial charge on any atom is 0.251 e. The largest absolute Gasteiger partial charge is 0.497 e. The molecule has 3 N–H and O–H groups in total. The summed E-state index contributed by atoms with van der Waals surface area (Å²) in [4.78, 5) is 12.1. The number of halogens is 1. The molecule has 4 nitrogen and oxygen atoms in total. The number of carbonyl (C=O) groups is 1. The van der Waals surface area contributed by atoms with E-state index in [-0.39, 0.29) is 5.91 Å². The molecule has 0 atom stereocenters. The fourth-order valence-corrected chi connectivity index (χ4v) is 2.32. The predicted octanol–water partition coefficient (Wildman–Crippen LogP) is 2.97. The molecule has 0 aliphatic rings. The molecule has 5 heteroatoms. The van der Waals surface area contributed by atoms with Crippen molar-refractivity contribution >= 4 is 27.5 Å². The van der Waals surface area contributed by atoms with E-state index < -0.39 is 0 Å². The number of amides is 1. The zero-order valence-electron chi connectivity index (χ0n) is 11.0. The van der Waals surface area contributed by atoms with E-state index in [1.807, 2.05) is 24.3 Å². The van der Waals surface area contributed by atoms with Crippen molar-refractivity contribution < 1.29 is 9.53 Å². The number of methoxy groups -OCH3 is 1. The fraction of sp³-hybridized carbons (Fsp3) is 0.133. The monoisotopic (exact) mass is 334 g/mol. The first kappa shape index (κ1) is 14.4. The lowest BCUT2D eigenvalue weighted by atomic mass is 10.1. The van der Waals surface area contributed by atoms with Crippen LogP contribution in [0, 0.1) is 0 Å². The number of carbonyl (C=O) groups excluding carboxylic acids is 1. The van der Waals surface area contributed by atoms with Crippen molar-refractivity contribution in [3.05, 3.63) is 58.1 Å². The molecule has 0 saturated carbocycles. The first-order chi connectivity index (χ1) is 9.58. The smallest absolute Gasteiger partial charge is 0.251 e. The second kappa shape index (κ2) is 6.43. The van der Waals surface area contributed by atoms with Gasteiger partial charge >= 0.3 is 0 Å². The van der Waals surface area contributed by atoms with Crippen LogP contribution in [-0.2, 0) is 6.54 Å². The second-order valence-electron chi connectivity index (χ2n) is 4.31. The summed E-state index contributed by atoms with van der Waals surface area (Å²) < 4.78 is 5.92. The topological polar surface area (TPSA) is 64.3 Å². The van der Waals surface area contributed by atoms with Crippen LogP contribution in [0.4, 0.5) is 5.69 Å². The molecule has 104 valence electrons. The number of nitrogens with two attached hydrogens (primary N) is 1. The fourth-order valence-electron chi connectivity index (χ4n) is 1.81. The highest BCUT2D eigenvalue weighted by Crippen LogP contribution is 2.17. The zero-order valence-corrected chi connectivity index (χ0v) is 12.6. The number of benzene rings is 2. The van der Waals surface area contributed by atoms with E-state index in [1.54, 1.807) is 25.3 Å². The van der Waals surface area contributed by atoms with E-state index in [1.165, 1.54) is 0 Å². The summed E-state index contributed by atoms with van der Waals surface area (Å²) in [5.74, 6) is 0.601. The third kappa shape index (κ3) is 3.74. The van der Waals surface area contributed by atoms with Crippen molar-refractivity contribution in [1.82, 2.24) is 5.32 Å². The summed E-state index contributed by atoms with van der Waals surface area (Å²) in [5.41, 5.74) is 7.76. The molecule has 0 bridgehead atoms. The van der Waals surface area contributed by atoms with E-state index >= 15 is 0 Å². The quantitative estimate of drug-likeness (QED) is 0.845. The standard InChI is InChI=1S/C15H15BrN2O2/c1-20-14-4-2-3-10(5-14)9-18-15(19)11-6-12(16)8-13(17)7-11/h2-8H,9,17H2,1H3,(H,18,19). The maximum atomic E-state index is 12.1. The summed E-state index contributed by atoms with van der Waals surface area (Å²) in [6.07, 6.45) is 0. The Labute approximate surface area is 126 Å². The van der Waals surface area contributed by atoms with Gasteiger partial charge in [0, 0.05) is 22.3 Å². The SMILES string of the molecule is COc1cccc(CNC(=O)c2cc(N)cc(Br)c2)c1. The number of rotatable bonds is 4. The van der Waals surface area contributed by atoms with E-state index in [0.29, 0.717) is 17.8 Å². The molecular weight excluding hydrogens is 320 g/mol. The minimum Gasteiger partial charge on any atom is -0.497 e. The molecule has 2 aromatic carbocycles. The number of hydrogen-bond donors (Lipinski definition) is 2. The van der Waals surface area contributed by atoms with Crippen LogP contribution in [0.1, 0.15) is 15.9 Å². The van der Waals surface area contributed by atoms with Gasteiger partial charge in [0.2, 0.25) is 0 Å². The Kier molecular flexibility index (Phi) is 4.63. The van der Waals surface area contributed by atoms with Gasteiger partial charge in [0.1, 0.15) is 5.75 Å². The molecule has 1 amide bonds. The van der Waals surface area contributed by atoms with Crippen molar-refractivity contribution in [3.63, 3.8) is 0 Å². The van der Waals surface area contributed by atoms with Gasteiger partial charge in [-0.2, -0.15) is 0 Å². The van der Waals surface area contributed by atoms with Crippen molar-refractivity contribution in [2.45, 2.75) is 6.54 Å². The first-order valence-electron chi connectivity index (χ1n) is 6.05. The van der Waals surface area contributed by atoms with Crippen LogP contribution in [0.15, 0.2) is 46.9 Å². The molecule has 2 rings (SSSR count). The maximum absolute atomic E-state index is 12.1. The van der Waals surface area contributed by atoms with Crippen LogP contribution in [0.3, 0.4) is 0 Å². The summed E-state index contributed by atoms with van der Waals surface area (Å²) in [6, 6.07) is 12.7. The molecule has 0 saturated heterocycles. The predicted molar refractivity (Wildman–Crippen MR) is 82.7 cm³/mol. The Bertz CT molecular complexity index is 609. The van der Waals surface area contributed by atoms with Crippen LogP contribution < -0.4 is 15.8 Å². The van der Waals surface area contributed by atoms with Crippen molar-refractivity contribution in [2.75, 3.05) is 12.8 Å². The normalized spacial score (nSPS) is 10.1. The molecule has 0 aromatic heterocycles. The summed E-state index contributed by atoms with van der Waals surface area (Å²) in [5, 5.41) is 2.85. The molecule has 0 unspecified atom stereocenters. The van der Waals surface area contributed by atoms with Crippen LogP contribution in [0.5, 0.6) is 5.75 Å². The van der Waals surface area contributed by atoms with Gasteiger partial charge in [-0.1, -0.05) is 28.1 Å². The third-order valence-electron chi connectivity index (χ3n) is 2.77. The van der Waals surface area contributed by atoms with Crippen LogP contribution in [0.25, 0.3) is 0 Å². The van der Waals surface area contributed by atoms with Gasteiger partial charge in [-0.15, -0.1) is 0 Å². The van der Waals surface area contributed by atoms with Gasteiger partial charge < -0.3 is 15.8 Å². The molecule has 0 radical (unpaired) electrons. The van der Waals surface area contributed by atoms with Crippen LogP contribution in [-0.4, -0.2) is 13.0 Å². The number of ether oxygens (including phenoxy) is 1. The Morgan fingerprint density at radius 1 is 1.30 bits per heavy atom. The number of nitrogen functional groups attached to an aromatic ring is 1. The zero-order chi connectivity index (χ0) is 14.5. The molecule has 2 aromatic rings. The summed E-state index contributed by atoms with van der Waals surface area (Å²) >= 11 is 3.32. The van der Waals surface area contributed by atoms with Crippen molar-refractivity contribution in [2.24, 2.45) is 0 Å². The second-order valence-corrected chi connectivity index (χ2v) is 5.22. The van der Waals surface area contributed by atoms with Crippen LogP contribution >= 0.6 is 15.9 Å². The minimum absolute atomic E-state index is 0.166. The average molecular weight is 335 g/mol. The van der Waals surface area contributed by atoms with E-state index in [9.17, 15) is 4.79 Å². The molecular formula is C15H15BrN2O2. The highest BCUT2D eigenvalue weighted by molar-refractivity contribution is 9.10. The molecule has 0 aliphatic heterocycles. The van der Waals surface area contributed by atoms with Gasteiger partial charge in [0.15, 0.2) is 0 Å². The number of nitrogens with one attached hydrogen (secondary N) is 1. The lowest BCUT2D eigenvalue weighted by Crippen LogP contribution is -2.22. The van der Waals surface area contributed by atoms with E-state index in [0.717, 1.165) is 15.8 Å². The molecule has 0 aliphatic carbocycles. The van der Waals surface area contributed by atoms with E-state index in [2.05, 4.69) is 21.2 Å². The number of hydrogen-bond acceptors (Lipinski definition) is 3. The molecule has 0 spiro atoms. The minimum atomic E-state index is -0.166. The molecule has 0 fully saturated rings. The Hall–Kier alpha value is -2.01. The molecule has 0 heterocycles.